The lowest BCUT2D eigenvalue weighted by molar-refractivity contribution is 0.0937. The number of sulfonamides is 1. The van der Waals surface area contributed by atoms with Crippen LogP contribution in [0.4, 0.5) is 0 Å². The number of rotatable bonds is 7. The fourth-order valence-electron chi connectivity index (χ4n) is 2.12. The van der Waals surface area contributed by atoms with Crippen LogP contribution in [0.2, 0.25) is 0 Å². The van der Waals surface area contributed by atoms with Crippen molar-refractivity contribution in [1.29, 1.82) is 0 Å². The lowest BCUT2D eigenvalue weighted by atomic mass is 10.1. The highest BCUT2D eigenvalue weighted by Crippen LogP contribution is 2.14. The SMILES string of the molecule is CCCCCC(C)NC(=O)c1cc(C)cc(S(N)(=O)=O)c1. The fraction of sp³-hybridized carbons (Fsp3) is 0.533. The van der Waals surface area contributed by atoms with Crippen molar-refractivity contribution in [2.75, 3.05) is 0 Å². The molecule has 3 N–H and O–H groups in total. The zero-order valence-electron chi connectivity index (χ0n) is 12.8. The number of nitrogens with two attached hydrogens (primary N) is 1. The van der Waals surface area contributed by atoms with Crippen molar-refractivity contribution < 1.29 is 13.2 Å². The van der Waals surface area contributed by atoms with E-state index in [4.69, 9.17) is 5.14 Å². The molecule has 1 rings (SSSR count). The standard InChI is InChI=1S/C15H24N2O3S/c1-4-5-6-7-12(3)17-15(18)13-8-11(2)9-14(10-13)21(16,19)20/h8-10,12H,4-7H2,1-3H3,(H,17,18)(H2,16,19,20). The first-order valence-electron chi connectivity index (χ1n) is 7.19. The molecule has 0 fully saturated rings. The molecule has 0 aliphatic carbocycles. The van der Waals surface area contributed by atoms with Gasteiger partial charge in [0.25, 0.3) is 5.91 Å². The van der Waals surface area contributed by atoms with E-state index in [2.05, 4.69) is 12.2 Å². The highest BCUT2D eigenvalue weighted by atomic mass is 32.2. The van der Waals surface area contributed by atoms with Crippen molar-refractivity contribution in [3.63, 3.8) is 0 Å². The van der Waals surface area contributed by atoms with Gasteiger partial charge in [0, 0.05) is 11.6 Å². The quantitative estimate of drug-likeness (QED) is 0.757. The Morgan fingerprint density at radius 2 is 1.95 bits per heavy atom. The Hall–Kier alpha value is -1.40. The molecule has 0 heterocycles. The maximum absolute atomic E-state index is 12.2. The van der Waals surface area contributed by atoms with E-state index in [0.717, 1.165) is 25.7 Å². The van der Waals surface area contributed by atoms with Crippen LogP contribution in [0.15, 0.2) is 23.1 Å². The smallest absolute Gasteiger partial charge is 0.251 e. The molecule has 0 saturated heterocycles. The summed E-state index contributed by atoms with van der Waals surface area (Å²) >= 11 is 0. The molecule has 6 heteroatoms. The Morgan fingerprint density at radius 1 is 1.29 bits per heavy atom. The van der Waals surface area contributed by atoms with Gasteiger partial charge < -0.3 is 5.32 Å². The summed E-state index contributed by atoms with van der Waals surface area (Å²) in [7, 11) is -3.81. The molecule has 0 aromatic heterocycles. The first-order valence-corrected chi connectivity index (χ1v) is 8.74. The Morgan fingerprint density at radius 3 is 2.52 bits per heavy atom. The van der Waals surface area contributed by atoms with Gasteiger partial charge in [-0.2, -0.15) is 0 Å². The van der Waals surface area contributed by atoms with Gasteiger partial charge >= 0.3 is 0 Å². The number of carbonyl (C=O) groups is 1. The van der Waals surface area contributed by atoms with Crippen molar-refractivity contribution in [3.05, 3.63) is 29.3 Å². The van der Waals surface area contributed by atoms with Crippen LogP contribution in [0.3, 0.4) is 0 Å². The zero-order chi connectivity index (χ0) is 16.0. The predicted octanol–water partition coefficient (Wildman–Crippen LogP) is 2.34. The molecule has 1 aromatic carbocycles. The Kier molecular flexibility index (Phi) is 6.36. The average Bonchev–Trinajstić information content (AvgIpc) is 2.37. The third-order valence-electron chi connectivity index (χ3n) is 3.26. The van der Waals surface area contributed by atoms with Crippen molar-refractivity contribution in [2.24, 2.45) is 5.14 Å². The van der Waals surface area contributed by atoms with Crippen molar-refractivity contribution in [1.82, 2.24) is 5.32 Å². The summed E-state index contributed by atoms with van der Waals surface area (Å²) < 4.78 is 22.8. The van der Waals surface area contributed by atoms with Gasteiger partial charge in [-0.15, -0.1) is 0 Å². The molecule has 1 unspecified atom stereocenters. The van der Waals surface area contributed by atoms with E-state index in [0.29, 0.717) is 11.1 Å². The van der Waals surface area contributed by atoms with Crippen LogP contribution in [0.5, 0.6) is 0 Å². The number of amides is 1. The largest absolute Gasteiger partial charge is 0.350 e. The normalized spacial score (nSPS) is 13.0. The number of hydrogen-bond donors (Lipinski definition) is 2. The van der Waals surface area contributed by atoms with Gasteiger partial charge in [0.2, 0.25) is 10.0 Å². The molecule has 0 spiro atoms. The number of nitrogens with one attached hydrogen (secondary N) is 1. The van der Waals surface area contributed by atoms with Crippen LogP contribution >= 0.6 is 0 Å². The molecule has 0 aliphatic rings. The number of aryl methyl sites for hydroxylation is 1. The maximum Gasteiger partial charge on any atom is 0.251 e. The number of benzene rings is 1. The van der Waals surface area contributed by atoms with Crippen LogP contribution in [0.25, 0.3) is 0 Å². The average molecular weight is 312 g/mol. The topological polar surface area (TPSA) is 89.3 Å². The predicted molar refractivity (Wildman–Crippen MR) is 83.6 cm³/mol. The van der Waals surface area contributed by atoms with Gasteiger partial charge in [-0.1, -0.05) is 26.2 Å². The second-order valence-corrected chi connectivity index (χ2v) is 7.01. The molecule has 1 amide bonds. The Labute approximate surface area is 127 Å². The van der Waals surface area contributed by atoms with Crippen molar-refractivity contribution >= 4 is 15.9 Å². The minimum atomic E-state index is -3.81. The van der Waals surface area contributed by atoms with E-state index in [-0.39, 0.29) is 16.8 Å². The summed E-state index contributed by atoms with van der Waals surface area (Å²) in [5.74, 6) is -0.271. The van der Waals surface area contributed by atoms with Crippen LogP contribution in [-0.2, 0) is 10.0 Å². The van der Waals surface area contributed by atoms with Gasteiger partial charge in [0.1, 0.15) is 0 Å². The molecule has 21 heavy (non-hydrogen) atoms. The molecule has 0 radical (unpaired) electrons. The molecule has 0 aliphatic heterocycles. The van der Waals surface area contributed by atoms with Gasteiger partial charge in [0.05, 0.1) is 4.90 Å². The molecule has 0 saturated carbocycles. The van der Waals surface area contributed by atoms with E-state index in [9.17, 15) is 13.2 Å². The minimum absolute atomic E-state index is 0.0358. The summed E-state index contributed by atoms with van der Waals surface area (Å²) in [6, 6.07) is 4.48. The first kappa shape index (κ1) is 17.7. The fourth-order valence-corrected chi connectivity index (χ4v) is 2.76. The van der Waals surface area contributed by atoms with Gasteiger partial charge in [0.15, 0.2) is 0 Å². The molecule has 1 aromatic rings. The Bertz CT molecular complexity index is 597. The summed E-state index contributed by atoms with van der Waals surface area (Å²) in [6.07, 6.45) is 4.25. The van der Waals surface area contributed by atoms with Crippen LogP contribution in [0, 0.1) is 6.92 Å². The number of primary sulfonamides is 1. The van der Waals surface area contributed by atoms with Gasteiger partial charge in [-0.25, -0.2) is 13.6 Å². The second-order valence-electron chi connectivity index (χ2n) is 5.45. The zero-order valence-corrected chi connectivity index (χ0v) is 13.7. The second kappa shape index (κ2) is 7.56. The van der Waals surface area contributed by atoms with E-state index in [1.54, 1.807) is 13.0 Å². The van der Waals surface area contributed by atoms with E-state index >= 15 is 0 Å². The summed E-state index contributed by atoms with van der Waals surface area (Å²) in [4.78, 5) is 12.1. The highest BCUT2D eigenvalue weighted by molar-refractivity contribution is 7.89. The minimum Gasteiger partial charge on any atom is -0.350 e. The van der Waals surface area contributed by atoms with Crippen LogP contribution in [-0.4, -0.2) is 20.4 Å². The molecular weight excluding hydrogens is 288 g/mol. The highest BCUT2D eigenvalue weighted by Gasteiger charge is 2.15. The van der Waals surface area contributed by atoms with E-state index in [1.807, 2.05) is 6.92 Å². The molecule has 1 atom stereocenters. The van der Waals surface area contributed by atoms with Gasteiger partial charge in [-0.05, 0) is 44.0 Å². The van der Waals surface area contributed by atoms with Gasteiger partial charge in [-0.3, -0.25) is 4.79 Å². The molecule has 5 nitrogen and oxygen atoms in total. The van der Waals surface area contributed by atoms with E-state index < -0.39 is 10.0 Å². The third kappa shape index (κ3) is 5.85. The Balaban J connectivity index is 2.81. The third-order valence-corrected chi connectivity index (χ3v) is 4.15. The summed E-state index contributed by atoms with van der Waals surface area (Å²) in [5, 5.41) is 8.00. The lowest BCUT2D eigenvalue weighted by Gasteiger charge is -2.14. The van der Waals surface area contributed by atoms with Crippen LogP contribution < -0.4 is 10.5 Å². The summed E-state index contributed by atoms with van der Waals surface area (Å²) in [6.45, 7) is 5.81. The first-order chi connectivity index (χ1) is 9.74. The number of carbonyl (C=O) groups excluding carboxylic acids is 1. The van der Waals surface area contributed by atoms with Crippen molar-refractivity contribution in [3.8, 4) is 0 Å². The summed E-state index contributed by atoms with van der Waals surface area (Å²) in [5.41, 5.74) is 1.01. The monoisotopic (exact) mass is 312 g/mol. The molecular formula is C15H24N2O3S. The molecule has 118 valence electrons. The molecule has 0 bridgehead atoms. The van der Waals surface area contributed by atoms with Crippen LogP contribution in [0.1, 0.15) is 55.5 Å². The lowest BCUT2D eigenvalue weighted by Crippen LogP contribution is -2.32. The number of unbranched alkanes of at least 4 members (excludes halogenated alkanes) is 2. The maximum atomic E-state index is 12.2. The van der Waals surface area contributed by atoms with Crippen molar-refractivity contribution in [2.45, 2.75) is 57.4 Å². The van der Waals surface area contributed by atoms with E-state index in [1.165, 1.54) is 12.1 Å². The number of hydrogen-bond acceptors (Lipinski definition) is 3.